The highest BCUT2D eigenvalue weighted by Gasteiger charge is 2.56. The summed E-state index contributed by atoms with van der Waals surface area (Å²) in [7, 11) is 0. The quantitative estimate of drug-likeness (QED) is 0.268. The zero-order chi connectivity index (χ0) is 28.8. The van der Waals surface area contributed by atoms with Crippen LogP contribution in [0.5, 0.6) is 5.75 Å². The minimum Gasteiger partial charge on any atom is -0.483 e. The van der Waals surface area contributed by atoms with E-state index >= 15 is 0 Å². The number of benzene rings is 3. The van der Waals surface area contributed by atoms with E-state index in [1.54, 1.807) is 30.3 Å². The molecule has 4 aromatic rings. The minimum atomic E-state index is -0.866. The fourth-order valence-corrected chi connectivity index (χ4v) is 7.95. The Morgan fingerprint density at radius 1 is 1.05 bits per heavy atom. The number of thiazole rings is 1. The van der Waals surface area contributed by atoms with Gasteiger partial charge in [0.15, 0.2) is 6.61 Å². The average molecular weight is 655 g/mol. The third-order valence-electron chi connectivity index (χ3n) is 6.91. The molecule has 3 heterocycles. The number of amides is 3. The summed E-state index contributed by atoms with van der Waals surface area (Å²) in [5, 5.41) is 2.48. The Hall–Kier alpha value is -3.74. The fourth-order valence-electron chi connectivity index (χ4n) is 5.07. The number of aryl methyl sites for hydroxylation is 1. The maximum Gasteiger partial charge on any atom is 0.305 e. The van der Waals surface area contributed by atoms with Gasteiger partial charge in [-0.25, -0.2) is 9.29 Å². The van der Waals surface area contributed by atoms with Gasteiger partial charge in [-0.2, -0.15) is 0 Å². The molecule has 2 N–H and O–H groups in total. The first kappa shape index (κ1) is 27.4. The Morgan fingerprint density at radius 3 is 2.51 bits per heavy atom. The summed E-state index contributed by atoms with van der Waals surface area (Å²) in [6, 6.07) is 17.7. The molecule has 0 radical (unpaired) electrons. The van der Waals surface area contributed by atoms with Crippen LogP contribution in [-0.4, -0.2) is 34.6 Å². The lowest BCUT2D eigenvalue weighted by molar-refractivity contribution is -0.122. The van der Waals surface area contributed by atoms with E-state index in [0.29, 0.717) is 31.4 Å². The average Bonchev–Trinajstić information content (AvgIpc) is 3.44. The number of ether oxygens (including phenoxy) is 1. The third kappa shape index (κ3) is 5.22. The molecule has 1 saturated heterocycles. The van der Waals surface area contributed by atoms with E-state index in [1.807, 2.05) is 19.1 Å². The Bertz CT molecular complexity index is 1740. The van der Waals surface area contributed by atoms with Gasteiger partial charge < -0.3 is 15.0 Å². The Labute approximate surface area is 250 Å². The number of H-pyrrole nitrogens is 1. The van der Waals surface area contributed by atoms with Gasteiger partial charge in [0, 0.05) is 26.5 Å². The molecule has 3 aromatic carbocycles. The topological polar surface area (TPSA) is 109 Å². The van der Waals surface area contributed by atoms with Crippen molar-refractivity contribution in [1.82, 2.24) is 4.98 Å². The summed E-state index contributed by atoms with van der Waals surface area (Å²) in [6.45, 7) is 1.65. The van der Waals surface area contributed by atoms with Crippen molar-refractivity contribution in [2.24, 2.45) is 5.92 Å². The normalized spacial score (nSPS) is 19.6. The fraction of sp³-hybridized carbons (Fsp3) is 0.172. The molecule has 1 fully saturated rings. The van der Waals surface area contributed by atoms with Crippen molar-refractivity contribution in [2.45, 2.75) is 23.1 Å². The molecule has 0 aliphatic carbocycles. The van der Waals surface area contributed by atoms with Crippen LogP contribution < -0.4 is 19.8 Å². The van der Waals surface area contributed by atoms with Crippen LogP contribution in [0.1, 0.15) is 21.9 Å². The molecule has 41 heavy (non-hydrogen) atoms. The lowest BCUT2D eigenvalue weighted by atomic mass is 9.82. The molecule has 1 aromatic heterocycles. The van der Waals surface area contributed by atoms with Gasteiger partial charge in [0.25, 0.3) is 5.91 Å². The summed E-state index contributed by atoms with van der Waals surface area (Å²) in [6.07, 6.45) is 0. The SMILES string of the molecule is Cc1ccc(NC(=O)COc2ccc(Br)cc2[C@H]2c3sc(=O)[nH]c3SC3C(=O)N(c4ccc(F)cc4)C(=O)C32)cc1. The Kier molecular flexibility index (Phi) is 7.30. The number of thioether (sulfide) groups is 1. The molecule has 3 amide bonds. The van der Waals surface area contributed by atoms with E-state index in [0.717, 1.165) is 33.6 Å². The zero-order valence-corrected chi connectivity index (χ0v) is 24.6. The summed E-state index contributed by atoms with van der Waals surface area (Å²) < 4.78 is 20.3. The molecule has 6 rings (SSSR count). The number of rotatable bonds is 6. The second kappa shape index (κ2) is 10.9. The highest BCUT2D eigenvalue weighted by Crippen LogP contribution is 2.54. The number of aromatic amines is 1. The lowest BCUT2D eigenvalue weighted by Gasteiger charge is -2.31. The molecule has 3 atom stereocenters. The molecule has 0 spiro atoms. The molecule has 0 saturated carbocycles. The maximum atomic E-state index is 13.9. The number of imide groups is 1. The van der Waals surface area contributed by atoms with Crippen molar-refractivity contribution in [2.75, 3.05) is 16.8 Å². The summed E-state index contributed by atoms with van der Waals surface area (Å²) >= 11 is 5.60. The van der Waals surface area contributed by atoms with Crippen molar-refractivity contribution >= 4 is 68.1 Å². The smallest absolute Gasteiger partial charge is 0.305 e. The van der Waals surface area contributed by atoms with Crippen LogP contribution in [0.2, 0.25) is 0 Å². The van der Waals surface area contributed by atoms with E-state index in [2.05, 4.69) is 26.2 Å². The van der Waals surface area contributed by atoms with Gasteiger partial charge in [0.1, 0.15) is 16.8 Å². The number of hydrogen-bond acceptors (Lipinski definition) is 7. The second-order valence-corrected chi connectivity index (χ2v) is 12.7. The number of anilines is 2. The van der Waals surface area contributed by atoms with Crippen molar-refractivity contribution in [3.8, 4) is 5.75 Å². The van der Waals surface area contributed by atoms with Gasteiger partial charge >= 0.3 is 4.87 Å². The highest BCUT2D eigenvalue weighted by molar-refractivity contribution is 9.10. The number of carbonyl (C=O) groups is 3. The van der Waals surface area contributed by atoms with E-state index in [1.165, 1.54) is 24.3 Å². The van der Waals surface area contributed by atoms with Crippen LogP contribution in [0, 0.1) is 18.7 Å². The van der Waals surface area contributed by atoms with Gasteiger partial charge in [-0.1, -0.05) is 56.7 Å². The molecular weight excluding hydrogens is 633 g/mol. The first-order chi connectivity index (χ1) is 19.7. The standard InChI is InChI=1S/C29H21BrFN3O5S2/c1-14-2-7-17(8-3-14)32-21(35)13-39-20-11-4-15(30)12-19(20)22-23-25(40-26-24(22)41-29(38)33-26)28(37)34(27(23)36)18-9-5-16(31)6-10-18/h2-12,22-23,25H,13H2,1H3,(H,32,35)(H,33,38)/t22-,23?,25?/m1/s1. The third-order valence-corrected chi connectivity index (χ3v) is 9.80. The van der Waals surface area contributed by atoms with Crippen molar-refractivity contribution in [3.63, 3.8) is 0 Å². The molecule has 2 unspecified atom stereocenters. The van der Waals surface area contributed by atoms with Gasteiger partial charge in [-0.3, -0.25) is 19.2 Å². The number of nitrogens with one attached hydrogen (secondary N) is 2. The van der Waals surface area contributed by atoms with Crippen LogP contribution in [0.3, 0.4) is 0 Å². The van der Waals surface area contributed by atoms with Gasteiger partial charge in [0.2, 0.25) is 11.8 Å². The molecule has 12 heteroatoms. The molecule has 208 valence electrons. The van der Waals surface area contributed by atoms with Crippen molar-refractivity contribution < 1.29 is 23.5 Å². The first-order valence-electron chi connectivity index (χ1n) is 12.5. The number of hydrogen-bond donors (Lipinski definition) is 2. The largest absolute Gasteiger partial charge is 0.483 e. The second-order valence-electron chi connectivity index (χ2n) is 9.62. The van der Waals surface area contributed by atoms with E-state index in [-0.39, 0.29) is 23.1 Å². The predicted octanol–water partition coefficient (Wildman–Crippen LogP) is 5.46. The number of nitrogens with zero attached hydrogens (tertiary/aromatic N) is 1. The number of halogens is 2. The highest BCUT2D eigenvalue weighted by atomic mass is 79.9. The molecule has 2 aliphatic heterocycles. The van der Waals surface area contributed by atoms with Gasteiger partial charge in [-0.05, 0) is 61.5 Å². The Morgan fingerprint density at radius 2 is 1.78 bits per heavy atom. The predicted molar refractivity (Wildman–Crippen MR) is 158 cm³/mol. The zero-order valence-electron chi connectivity index (χ0n) is 21.4. The monoisotopic (exact) mass is 653 g/mol. The van der Waals surface area contributed by atoms with Gasteiger partial charge in [0.05, 0.1) is 16.6 Å². The summed E-state index contributed by atoms with van der Waals surface area (Å²) in [4.78, 5) is 56.8. The van der Waals surface area contributed by atoms with Crippen LogP contribution in [0.4, 0.5) is 15.8 Å². The van der Waals surface area contributed by atoms with Crippen LogP contribution in [0.25, 0.3) is 0 Å². The van der Waals surface area contributed by atoms with Gasteiger partial charge in [-0.15, -0.1) is 0 Å². The molecule has 2 aliphatic rings. The van der Waals surface area contributed by atoms with Crippen LogP contribution in [0.15, 0.2) is 81.0 Å². The summed E-state index contributed by atoms with van der Waals surface area (Å²) in [5.41, 5.74) is 2.51. The molecule has 0 bridgehead atoms. The lowest BCUT2D eigenvalue weighted by Crippen LogP contribution is -2.32. The van der Waals surface area contributed by atoms with Crippen LogP contribution in [-0.2, 0) is 14.4 Å². The first-order valence-corrected chi connectivity index (χ1v) is 15.0. The minimum absolute atomic E-state index is 0.269. The maximum absolute atomic E-state index is 13.9. The Balaban J connectivity index is 1.36. The summed E-state index contributed by atoms with van der Waals surface area (Å²) in [5.74, 6) is -3.01. The van der Waals surface area contributed by atoms with Crippen molar-refractivity contribution in [3.05, 3.63) is 103 Å². The molecular formula is C29H21BrFN3O5S2. The molecule has 8 nitrogen and oxygen atoms in total. The van der Waals surface area contributed by atoms with Crippen molar-refractivity contribution in [1.29, 1.82) is 0 Å². The van der Waals surface area contributed by atoms with E-state index in [9.17, 15) is 23.6 Å². The van der Waals surface area contributed by atoms with E-state index < -0.39 is 34.7 Å². The van der Waals surface area contributed by atoms with Crippen LogP contribution >= 0.6 is 39.0 Å². The number of fused-ring (bicyclic) bond motifs is 2. The van der Waals surface area contributed by atoms with E-state index in [4.69, 9.17) is 4.74 Å². The number of aromatic nitrogens is 1. The number of carbonyl (C=O) groups excluding carboxylic acids is 3.